The molecular weight excluding hydrogens is 925 g/mol. The van der Waals surface area contributed by atoms with Gasteiger partial charge in [-0.05, 0) is 91.0 Å². The molecule has 0 saturated carbocycles. The molecule has 16 rings (SSSR count). The number of nitrogens with zero attached hydrogens (tertiary/aromatic N) is 6. The third-order valence-electron chi connectivity index (χ3n) is 15.5. The molecule has 6 heteroatoms. The number of aromatic nitrogens is 6. The molecule has 354 valence electrons. The van der Waals surface area contributed by atoms with Crippen molar-refractivity contribution in [3.63, 3.8) is 0 Å². The Hall–Kier alpha value is -10.3. The van der Waals surface area contributed by atoms with E-state index in [1.165, 1.54) is 43.4 Å². The summed E-state index contributed by atoms with van der Waals surface area (Å²) < 4.78 is 9.87. The van der Waals surface area contributed by atoms with Gasteiger partial charge in [0.1, 0.15) is 0 Å². The SMILES string of the molecule is c1ccc(-c2cc(-c3cccc4c3c3c(ccc5c6ccccc6n(-c6ccccc6)c53)n4-c3ccc4c(c3)c3c(ccc5c6ccccc6n(-c6ccccc6)c53)n4-c3ccccc3)nc(-c3ccccc3)n2)cc1. The van der Waals surface area contributed by atoms with Crippen LogP contribution in [0, 0.1) is 0 Å². The average molecular weight is 969 g/mol. The number of para-hydroxylation sites is 5. The highest BCUT2D eigenvalue weighted by Gasteiger charge is 2.26. The van der Waals surface area contributed by atoms with E-state index in [0.717, 1.165) is 94.7 Å². The van der Waals surface area contributed by atoms with Crippen molar-refractivity contribution in [1.82, 2.24) is 28.2 Å². The van der Waals surface area contributed by atoms with Crippen molar-refractivity contribution in [3.8, 4) is 56.7 Å². The molecule has 0 aliphatic heterocycles. The van der Waals surface area contributed by atoms with Crippen molar-refractivity contribution < 1.29 is 0 Å². The fourth-order valence-corrected chi connectivity index (χ4v) is 12.4. The second kappa shape index (κ2) is 16.6. The summed E-state index contributed by atoms with van der Waals surface area (Å²) in [5.41, 5.74) is 18.3. The van der Waals surface area contributed by atoms with Gasteiger partial charge in [-0.15, -0.1) is 0 Å². The summed E-state index contributed by atoms with van der Waals surface area (Å²) in [7, 11) is 0. The molecule has 0 unspecified atom stereocenters. The van der Waals surface area contributed by atoms with Crippen molar-refractivity contribution in [1.29, 1.82) is 0 Å². The van der Waals surface area contributed by atoms with Gasteiger partial charge in [0.25, 0.3) is 0 Å². The van der Waals surface area contributed by atoms with Crippen molar-refractivity contribution in [2.75, 3.05) is 0 Å². The molecule has 6 nitrogen and oxygen atoms in total. The van der Waals surface area contributed by atoms with E-state index in [-0.39, 0.29) is 0 Å². The minimum atomic E-state index is 0.681. The smallest absolute Gasteiger partial charge is 0.160 e. The molecule has 0 N–H and O–H groups in total. The third kappa shape index (κ3) is 6.22. The number of benzene rings is 11. The van der Waals surface area contributed by atoms with Crippen LogP contribution in [-0.4, -0.2) is 28.2 Å². The first-order chi connectivity index (χ1) is 37.7. The van der Waals surface area contributed by atoms with Crippen LogP contribution >= 0.6 is 0 Å². The van der Waals surface area contributed by atoms with Crippen LogP contribution in [0.2, 0.25) is 0 Å². The standard InChI is InChI=1S/C70H44N6/c1-6-21-45(22-7-1)57-44-58(72-70(71-57)46-23-8-2-9-24-46)55-33-20-36-62-65(55)67-64(42-39-54-52-32-17-19-35-60(52)76(69(54)67)49-29-14-5-15-30-49)74(62)50-37-40-61-56(43-50)66-63(73(61)47-25-10-3-11-26-47)41-38-53-51-31-16-18-34-59(51)75(68(53)66)48-27-12-4-13-28-48/h1-44H. The minimum absolute atomic E-state index is 0.681. The highest BCUT2D eigenvalue weighted by atomic mass is 15.0. The Bertz CT molecular complexity index is 4890. The number of rotatable bonds is 7. The van der Waals surface area contributed by atoms with Crippen LogP contribution in [0.1, 0.15) is 0 Å². The van der Waals surface area contributed by atoms with Crippen molar-refractivity contribution in [2.24, 2.45) is 0 Å². The molecule has 0 spiro atoms. The van der Waals surface area contributed by atoms with E-state index >= 15 is 0 Å². The van der Waals surface area contributed by atoms with Gasteiger partial charge in [-0.3, -0.25) is 0 Å². The average Bonchev–Trinajstić information content (AvgIpc) is 4.38. The fraction of sp³-hybridized carbons (Fsp3) is 0. The van der Waals surface area contributed by atoms with Gasteiger partial charge in [0.2, 0.25) is 0 Å². The van der Waals surface area contributed by atoms with E-state index in [2.05, 4.69) is 279 Å². The van der Waals surface area contributed by atoms with Crippen molar-refractivity contribution in [2.45, 2.75) is 0 Å². The summed E-state index contributed by atoms with van der Waals surface area (Å²) in [6.07, 6.45) is 0. The van der Waals surface area contributed by atoms with E-state index in [1.54, 1.807) is 0 Å². The predicted molar refractivity (Wildman–Crippen MR) is 316 cm³/mol. The Labute approximate surface area is 436 Å². The van der Waals surface area contributed by atoms with E-state index in [4.69, 9.17) is 9.97 Å². The lowest BCUT2D eigenvalue weighted by molar-refractivity contribution is 1.16. The molecule has 16 aromatic rings. The molecule has 0 fully saturated rings. The van der Waals surface area contributed by atoms with Crippen LogP contribution in [0.5, 0.6) is 0 Å². The van der Waals surface area contributed by atoms with Gasteiger partial charge in [-0.1, -0.05) is 176 Å². The zero-order valence-corrected chi connectivity index (χ0v) is 41.1. The molecule has 0 aliphatic carbocycles. The molecule has 0 aliphatic rings. The zero-order valence-electron chi connectivity index (χ0n) is 41.1. The monoisotopic (exact) mass is 968 g/mol. The number of fused-ring (bicyclic) bond motifs is 14. The van der Waals surface area contributed by atoms with Gasteiger partial charge >= 0.3 is 0 Å². The normalized spacial score (nSPS) is 11.9. The van der Waals surface area contributed by atoms with Gasteiger partial charge in [-0.25, -0.2) is 9.97 Å². The lowest BCUT2D eigenvalue weighted by Gasteiger charge is -2.12. The molecule has 0 radical (unpaired) electrons. The largest absolute Gasteiger partial charge is 0.309 e. The maximum absolute atomic E-state index is 5.50. The topological polar surface area (TPSA) is 45.5 Å². The second-order valence-electron chi connectivity index (χ2n) is 19.7. The maximum Gasteiger partial charge on any atom is 0.160 e. The lowest BCUT2D eigenvalue weighted by Crippen LogP contribution is -1.97. The summed E-state index contributed by atoms with van der Waals surface area (Å²) in [6.45, 7) is 0. The fourth-order valence-electron chi connectivity index (χ4n) is 12.4. The first-order valence-electron chi connectivity index (χ1n) is 25.9. The Balaban J connectivity index is 1.07. The molecule has 0 bridgehead atoms. The molecule has 11 aromatic carbocycles. The van der Waals surface area contributed by atoms with E-state index in [1.807, 2.05) is 6.07 Å². The Morgan fingerprint density at radius 1 is 0.237 bits per heavy atom. The Morgan fingerprint density at radius 2 is 0.671 bits per heavy atom. The van der Waals surface area contributed by atoms with E-state index in [0.29, 0.717) is 5.82 Å². The van der Waals surface area contributed by atoms with Crippen LogP contribution in [0.3, 0.4) is 0 Å². The van der Waals surface area contributed by atoms with Gasteiger partial charge in [0, 0.05) is 82.5 Å². The number of hydrogen-bond acceptors (Lipinski definition) is 2. The summed E-state index contributed by atoms with van der Waals surface area (Å²) >= 11 is 0. The molecule has 5 aromatic heterocycles. The molecule has 76 heavy (non-hydrogen) atoms. The van der Waals surface area contributed by atoms with Gasteiger partial charge in [0.15, 0.2) is 5.82 Å². The quantitative estimate of drug-likeness (QED) is 0.160. The second-order valence-corrected chi connectivity index (χ2v) is 19.7. The van der Waals surface area contributed by atoms with E-state index in [9.17, 15) is 0 Å². The van der Waals surface area contributed by atoms with Gasteiger partial charge < -0.3 is 18.3 Å². The zero-order chi connectivity index (χ0) is 49.8. The summed E-state index contributed by atoms with van der Waals surface area (Å²) in [4.78, 5) is 10.7. The molecular formula is C70H44N6. The van der Waals surface area contributed by atoms with Crippen LogP contribution < -0.4 is 0 Å². The number of hydrogen-bond donors (Lipinski definition) is 0. The molecule has 0 amide bonds. The van der Waals surface area contributed by atoms with Gasteiger partial charge in [0.05, 0.1) is 55.5 Å². The van der Waals surface area contributed by atoms with E-state index < -0.39 is 0 Å². The maximum atomic E-state index is 5.50. The first-order valence-corrected chi connectivity index (χ1v) is 25.9. The van der Waals surface area contributed by atoms with Crippen molar-refractivity contribution in [3.05, 3.63) is 267 Å². The third-order valence-corrected chi connectivity index (χ3v) is 15.5. The molecule has 0 atom stereocenters. The van der Waals surface area contributed by atoms with Gasteiger partial charge in [-0.2, -0.15) is 0 Å². The molecule has 5 heterocycles. The molecule has 0 saturated heterocycles. The van der Waals surface area contributed by atoms with Crippen LogP contribution in [-0.2, 0) is 0 Å². The Morgan fingerprint density at radius 3 is 1.28 bits per heavy atom. The summed E-state index contributed by atoms with van der Waals surface area (Å²) in [5.74, 6) is 0.681. The summed E-state index contributed by atoms with van der Waals surface area (Å²) in [5, 5.41) is 9.49. The van der Waals surface area contributed by atoms with Crippen LogP contribution in [0.4, 0.5) is 0 Å². The predicted octanol–water partition coefficient (Wildman–Crippen LogP) is 17.9. The highest BCUT2D eigenvalue weighted by molar-refractivity contribution is 6.30. The van der Waals surface area contributed by atoms with Crippen molar-refractivity contribution >= 4 is 87.2 Å². The highest BCUT2D eigenvalue weighted by Crippen LogP contribution is 2.47. The lowest BCUT2D eigenvalue weighted by atomic mass is 10.00. The summed E-state index contributed by atoms with van der Waals surface area (Å²) in [6, 6.07) is 96.2. The first kappa shape index (κ1) is 42.2. The minimum Gasteiger partial charge on any atom is -0.309 e. The van der Waals surface area contributed by atoms with Crippen LogP contribution in [0.15, 0.2) is 267 Å². The van der Waals surface area contributed by atoms with Crippen LogP contribution in [0.25, 0.3) is 144 Å². The Kier molecular flexibility index (Phi) is 9.23.